The van der Waals surface area contributed by atoms with Gasteiger partial charge in [-0.1, -0.05) is 30.3 Å². The second-order valence-electron chi connectivity index (χ2n) is 4.68. The van der Waals surface area contributed by atoms with Gasteiger partial charge in [-0.15, -0.1) is 0 Å². The summed E-state index contributed by atoms with van der Waals surface area (Å²) < 4.78 is 0. The van der Waals surface area contributed by atoms with Crippen molar-refractivity contribution in [2.45, 2.75) is 18.9 Å². The fraction of sp³-hybridized carbons (Fsp3) is 0.571. The van der Waals surface area contributed by atoms with E-state index in [0.29, 0.717) is 6.54 Å². The van der Waals surface area contributed by atoms with Crippen LogP contribution in [0.3, 0.4) is 0 Å². The Balaban J connectivity index is 1.61. The molecule has 0 saturated carbocycles. The van der Waals surface area contributed by atoms with E-state index < -0.39 is 6.10 Å². The van der Waals surface area contributed by atoms with E-state index >= 15 is 0 Å². The summed E-state index contributed by atoms with van der Waals surface area (Å²) in [6.07, 6.45) is 2.29. The highest BCUT2D eigenvalue weighted by molar-refractivity contribution is 5.17. The minimum Gasteiger partial charge on any atom is -0.387 e. The van der Waals surface area contributed by atoms with Crippen LogP contribution in [0.25, 0.3) is 0 Å². The van der Waals surface area contributed by atoms with Crippen LogP contribution in [0.1, 0.15) is 24.5 Å². The maximum atomic E-state index is 9.94. The van der Waals surface area contributed by atoms with Gasteiger partial charge in [0.25, 0.3) is 0 Å². The molecular weight excluding hydrogens is 212 g/mol. The zero-order chi connectivity index (χ0) is 11.9. The quantitative estimate of drug-likeness (QED) is 0.730. The highest BCUT2D eigenvalue weighted by atomic mass is 16.3. The lowest BCUT2D eigenvalue weighted by Crippen LogP contribution is -2.32. The molecule has 3 nitrogen and oxygen atoms in total. The van der Waals surface area contributed by atoms with Gasteiger partial charge in [0.2, 0.25) is 0 Å². The Hall–Kier alpha value is -0.900. The molecule has 1 unspecified atom stereocenters. The lowest BCUT2D eigenvalue weighted by molar-refractivity contribution is 0.173. The van der Waals surface area contributed by atoms with Crippen LogP contribution in [-0.2, 0) is 0 Å². The molecule has 2 N–H and O–H groups in total. The summed E-state index contributed by atoms with van der Waals surface area (Å²) in [5, 5.41) is 13.3. The molecule has 3 heteroatoms. The van der Waals surface area contributed by atoms with Gasteiger partial charge in [-0.3, -0.25) is 0 Å². The van der Waals surface area contributed by atoms with Crippen LogP contribution >= 0.6 is 0 Å². The lowest BCUT2D eigenvalue weighted by atomic mass is 10.1. The fourth-order valence-electron chi connectivity index (χ4n) is 2.28. The van der Waals surface area contributed by atoms with E-state index in [1.807, 2.05) is 30.3 Å². The van der Waals surface area contributed by atoms with Crippen molar-refractivity contribution in [3.63, 3.8) is 0 Å². The number of benzene rings is 1. The number of nitrogens with one attached hydrogen (secondary N) is 1. The molecule has 1 saturated heterocycles. The summed E-state index contributed by atoms with van der Waals surface area (Å²) in [6, 6.07) is 9.82. The average molecular weight is 234 g/mol. The highest BCUT2D eigenvalue weighted by Crippen LogP contribution is 2.10. The third kappa shape index (κ3) is 4.11. The molecular formula is C14H22N2O. The molecule has 0 spiro atoms. The molecule has 94 valence electrons. The summed E-state index contributed by atoms with van der Waals surface area (Å²) in [4.78, 5) is 2.47. The standard InChI is InChI=1S/C14H22N2O/c17-14(13-6-2-1-3-7-13)12-15-8-11-16-9-4-5-10-16/h1-3,6-7,14-15,17H,4-5,8-12H2. The summed E-state index contributed by atoms with van der Waals surface area (Å²) >= 11 is 0. The van der Waals surface area contributed by atoms with Gasteiger partial charge in [-0.2, -0.15) is 0 Å². The summed E-state index contributed by atoms with van der Waals surface area (Å²) in [7, 11) is 0. The largest absolute Gasteiger partial charge is 0.387 e. The SMILES string of the molecule is OC(CNCCN1CCCC1)c1ccccc1. The second kappa shape index (κ2) is 6.74. The lowest BCUT2D eigenvalue weighted by Gasteiger charge is -2.16. The first-order valence-corrected chi connectivity index (χ1v) is 6.52. The molecule has 0 radical (unpaired) electrons. The molecule has 1 aromatic rings. The molecule has 17 heavy (non-hydrogen) atoms. The molecule has 1 fully saturated rings. The first kappa shape index (κ1) is 12.6. The van der Waals surface area contributed by atoms with Gasteiger partial charge in [0.15, 0.2) is 0 Å². The Labute approximate surface area is 103 Å². The van der Waals surface area contributed by atoms with Crippen LogP contribution in [-0.4, -0.2) is 42.7 Å². The smallest absolute Gasteiger partial charge is 0.0914 e. The minimum atomic E-state index is -0.394. The zero-order valence-electron chi connectivity index (χ0n) is 10.3. The number of nitrogens with zero attached hydrogens (tertiary/aromatic N) is 1. The van der Waals surface area contributed by atoms with Crippen molar-refractivity contribution in [2.75, 3.05) is 32.7 Å². The van der Waals surface area contributed by atoms with Crippen molar-refractivity contribution >= 4 is 0 Å². The van der Waals surface area contributed by atoms with Gasteiger partial charge in [-0.05, 0) is 31.5 Å². The monoisotopic (exact) mass is 234 g/mol. The Bertz CT molecular complexity index is 309. The van der Waals surface area contributed by atoms with Crippen LogP contribution in [0, 0.1) is 0 Å². The molecule has 0 aromatic heterocycles. The van der Waals surface area contributed by atoms with Crippen molar-refractivity contribution in [2.24, 2.45) is 0 Å². The van der Waals surface area contributed by atoms with Crippen LogP contribution in [0.4, 0.5) is 0 Å². The molecule has 1 atom stereocenters. The van der Waals surface area contributed by atoms with Crippen molar-refractivity contribution < 1.29 is 5.11 Å². The average Bonchev–Trinajstić information content (AvgIpc) is 2.88. The van der Waals surface area contributed by atoms with Crippen molar-refractivity contribution in [1.29, 1.82) is 0 Å². The van der Waals surface area contributed by atoms with E-state index in [-0.39, 0.29) is 0 Å². The Kier molecular flexibility index (Phi) is 4.98. The van der Waals surface area contributed by atoms with Gasteiger partial charge in [0.1, 0.15) is 0 Å². The number of aliphatic hydroxyl groups excluding tert-OH is 1. The topological polar surface area (TPSA) is 35.5 Å². The van der Waals surface area contributed by atoms with Crippen molar-refractivity contribution in [3.8, 4) is 0 Å². The molecule has 0 amide bonds. The van der Waals surface area contributed by atoms with Gasteiger partial charge in [0, 0.05) is 19.6 Å². The van der Waals surface area contributed by atoms with E-state index in [0.717, 1.165) is 18.7 Å². The molecule has 1 aliphatic rings. The summed E-state index contributed by atoms with van der Waals surface area (Å²) in [5.41, 5.74) is 0.987. The molecule has 0 bridgehead atoms. The van der Waals surface area contributed by atoms with Gasteiger partial charge in [0.05, 0.1) is 6.10 Å². The molecule has 1 aromatic carbocycles. The van der Waals surface area contributed by atoms with Crippen LogP contribution in [0.5, 0.6) is 0 Å². The molecule has 0 aliphatic carbocycles. The highest BCUT2D eigenvalue weighted by Gasteiger charge is 2.11. The van der Waals surface area contributed by atoms with E-state index in [2.05, 4.69) is 10.2 Å². The van der Waals surface area contributed by atoms with Crippen molar-refractivity contribution in [3.05, 3.63) is 35.9 Å². The normalized spacial score (nSPS) is 18.4. The van der Waals surface area contributed by atoms with E-state index in [1.54, 1.807) is 0 Å². The maximum absolute atomic E-state index is 9.94. The van der Waals surface area contributed by atoms with Crippen molar-refractivity contribution in [1.82, 2.24) is 10.2 Å². The Morgan fingerprint density at radius 3 is 2.59 bits per heavy atom. The summed E-state index contributed by atoms with van der Waals surface area (Å²) in [6.45, 7) is 5.18. The Morgan fingerprint density at radius 2 is 1.88 bits per heavy atom. The van der Waals surface area contributed by atoms with E-state index in [1.165, 1.54) is 25.9 Å². The first-order valence-electron chi connectivity index (χ1n) is 6.52. The predicted octanol–water partition coefficient (Wildman–Crippen LogP) is 1.41. The molecule has 1 heterocycles. The van der Waals surface area contributed by atoms with Crippen LogP contribution in [0.2, 0.25) is 0 Å². The molecule has 2 rings (SSSR count). The van der Waals surface area contributed by atoms with E-state index in [9.17, 15) is 5.11 Å². The number of rotatable bonds is 6. The van der Waals surface area contributed by atoms with Crippen LogP contribution in [0.15, 0.2) is 30.3 Å². The zero-order valence-corrected chi connectivity index (χ0v) is 10.3. The minimum absolute atomic E-state index is 0.394. The van der Waals surface area contributed by atoms with E-state index in [4.69, 9.17) is 0 Å². The third-order valence-electron chi connectivity index (χ3n) is 3.33. The predicted molar refractivity (Wildman–Crippen MR) is 69.9 cm³/mol. The maximum Gasteiger partial charge on any atom is 0.0914 e. The van der Waals surface area contributed by atoms with Gasteiger partial charge in [-0.25, -0.2) is 0 Å². The fourth-order valence-corrected chi connectivity index (χ4v) is 2.28. The number of hydrogen-bond acceptors (Lipinski definition) is 3. The van der Waals surface area contributed by atoms with Gasteiger partial charge >= 0.3 is 0 Å². The number of likely N-dealkylation sites (tertiary alicyclic amines) is 1. The number of hydrogen-bond donors (Lipinski definition) is 2. The Morgan fingerprint density at radius 1 is 1.18 bits per heavy atom. The van der Waals surface area contributed by atoms with Gasteiger partial charge < -0.3 is 15.3 Å². The number of aliphatic hydroxyl groups is 1. The summed E-state index contributed by atoms with van der Waals surface area (Å²) in [5.74, 6) is 0. The first-order chi connectivity index (χ1) is 8.36. The third-order valence-corrected chi connectivity index (χ3v) is 3.33. The molecule has 1 aliphatic heterocycles. The van der Waals surface area contributed by atoms with Crippen LogP contribution < -0.4 is 5.32 Å². The second-order valence-corrected chi connectivity index (χ2v) is 4.68.